The number of piperidine rings is 1. The van der Waals surface area contributed by atoms with Crippen LogP contribution in [0, 0.1) is 5.92 Å². The molecule has 2 rings (SSSR count). The molecule has 2 bridgehead atoms. The van der Waals surface area contributed by atoms with Crippen molar-refractivity contribution in [2.24, 2.45) is 5.92 Å². The van der Waals surface area contributed by atoms with E-state index >= 15 is 0 Å². The molecule has 122 valence electrons. The van der Waals surface area contributed by atoms with Crippen molar-refractivity contribution in [3.05, 3.63) is 0 Å². The van der Waals surface area contributed by atoms with Gasteiger partial charge in [0.2, 0.25) is 0 Å². The molecule has 0 radical (unpaired) electrons. The molecule has 3 heteroatoms. The molecule has 3 nitrogen and oxygen atoms in total. The minimum absolute atomic E-state index is 0.0839. The van der Waals surface area contributed by atoms with Crippen LogP contribution in [0.25, 0.3) is 0 Å². The van der Waals surface area contributed by atoms with Crippen molar-refractivity contribution in [2.75, 3.05) is 0 Å². The number of nitrogens with zero attached hydrogens (tertiary/aromatic N) is 1. The third-order valence-electron chi connectivity index (χ3n) is 4.90. The number of unbranched alkanes of at least 4 members (excludes halogenated alkanes) is 3. The van der Waals surface area contributed by atoms with Gasteiger partial charge in [-0.3, -0.25) is 0 Å². The second-order valence-electron chi connectivity index (χ2n) is 7.96. The fourth-order valence-electron chi connectivity index (χ4n) is 4.00. The Labute approximate surface area is 130 Å². The Balaban J connectivity index is 1.83. The van der Waals surface area contributed by atoms with Crippen molar-refractivity contribution in [2.45, 2.75) is 103 Å². The molecule has 2 unspecified atom stereocenters. The largest absolute Gasteiger partial charge is 0.444 e. The van der Waals surface area contributed by atoms with Crippen molar-refractivity contribution < 1.29 is 9.53 Å². The number of carbonyl (C=O) groups is 1. The summed E-state index contributed by atoms with van der Waals surface area (Å²) in [5.41, 5.74) is -0.381. The van der Waals surface area contributed by atoms with Gasteiger partial charge < -0.3 is 9.64 Å². The summed E-state index contributed by atoms with van der Waals surface area (Å²) in [6.07, 6.45) is 11.4. The molecule has 0 N–H and O–H groups in total. The maximum atomic E-state index is 12.4. The van der Waals surface area contributed by atoms with Crippen LogP contribution >= 0.6 is 0 Å². The first-order valence-electron chi connectivity index (χ1n) is 8.92. The molecule has 2 aliphatic rings. The number of carbonyl (C=O) groups excluding carboxylic acids is 1. The molecule has 0 saturated carbocycles. The Morgan fingerprint density at radius 1 is 1.10 bits per heavy atom. The van der Waals surface area contributed by atoms with Crippen LogP contribution in [0.2, 0.25) is 0 Å². The number of amides is 1. The molecule has 2 fully saturated rings. The molecular weight excluding hydrogens is 262 g/mol. The first-order valence-corrected chi connectivity index (χ1v) is 8.92. The van der Waals surface area contributed by atoms with Gasteiger partial charge in [-0.05, 0) is 52.4 Å². The molecule has 0 spiro atoms. The van der Waals surface area contributed by atoms with E-state index in [1.807, 2.05) is 20.8 Å². The molecule has 2 aliphatic heterocycles. The highest BCUT2D eigenvalue weighted by molar-refractivity contribution is 5.69. The zero-order valence-electron chi connectivity index (χ0n) is 14.4. The zero-order chi connectivity index (χ0) is 15.5. The van der Waals surface area contributed by atoms with E-state index in [1.165, 1.54) is 57.8 Å². The molecule has 2 heterocycles. The first-order chi connectivity index (χ1) is 9.90. The van der Waals surface area contributed by atoms with E-state index in [1.54, 1.807) is 0 Å². The lowest BCUT2D eigenvalue weighted by molar-refractivity contribution is 0.00151. The van der Waals surface area contributed by atoms with E-state index in [2.05, 4.69) is 11.8 Å². The minimum Gasteiger partial charge on any atom is -0.444 e. The Bertz CT molecular complexity index is 334. The minimum atomic E-state index is -0.381. The van der Waals surface area contributed by atoms with Crippen molar-refractivity contribution in [1.29, 1.82) is 0 Å². The summed E-state index contributed by atoms with van der Waals surface area (Å²) < 4.78 is 5.59. The van der Waals surface area contributed by atoms with Crippen LogP contribution in [-0.2, 0) is 4.74 Å². The molecule has 0 aromatic heterocycles. The Morgan fingerprint density at radius 3 is 2.24 bits per heavy atom. The highest BCUT2D eigenvalue weighted by Gasteiger charge is 2.44. The first kappa shape index (κ1) is 16.6. The van der Waals surface area contributed by atoms with Gasteiger partial charge in [0.25, 0.3) is 0 Å². The fourth-order valence-corrected chi connectivity index (χ4v) is 4.00. The van der Waals surface area contributed by atoms with Gasteiger partial charge in [-0.2, -0.15) is 0 Å². The molecule has 2 atom stereocenters. The highest BCUT2D eigenvalue weighted by atomic mass is 16.6. The van der Waals surface area contributed by atoms with Gasteiger partial charge in [0, 0.05) is 12.1 Å². The van der Waals surface area contributed by atoms with Crippen molar-refractivity contribution in [3.8, 4) is 0 Å². The summed E-state index contributed by atoms with van der Waals surface area (Å²) in [6, 6.07) is 0.879. The molecule has 0 aromatic carbocycles. The van der Waals surface area contributed by atoms with Crippen LogP contribution in [0.3, 0.4) is 0 Å². The van der Waals surface area contributed by atoms with Crippen LogP contribution in [0.15, 0.2) is 0 Å². The molecule has 2 saturated heterocycles. The van der Waals surface area contributed by atoms with Gasteiger partial charge in [-0.1, -0.05) is 39.0 Å². The van der Waals surface area contributed by atoms with Crippen molar-refractivity contribution in [1.82, 2.24) is 4.90 Å². The van der Waals surface area contributed by atoms with Gasteiger partial charge in [-0.15, -0.1) is 0 Å². The van der Waals surface area contributed by atoms with Gasteiger partial charge in [0.1, 0.15) is 5.60 Å². The van der Waals surface area contributed by atoms with Crippen LogP contribution in [0.5, 0.6) is 0 Å². The van der Waals surface area contributed by atoms with Crippen LogP contribution in [0.1, 0.15) is 85.5 Å². The number of fused-ring (bicyclic) bond motifs is 2. The number of hydrogen-bond donors (Lipinski definition) is 0. The third-order valence-corrected chi connectivity index (χ3v) is 4.90. The number of ether oxygens (including phenoxy) is 1. The monoisotopic (exact) mass is 295 g/mol. The zero-order valence-corrected chi connectivity index (χ0v) is 14.4. The van der Waals surface area contributed by atoms with Crippen molar-refractivity contribution in [3.63, 3.8) is 0 Å². The molecule has 0 aliphatic carbocycles. The molecule has 1 amide bonds. The van der Waals surface area contributed by atoms with Crippen LogP contribution in [0.4, 0.5) is 4.79 Å². The van der Waals surface area contributed by atoms with E-state index in [9.17, 15) is 4.79 Å². The van der Waals surface area contributed by atoms with E-state index in [-0.39, 0.29) is 11.7 Å². The van der Waals surface area contributed by atoms with E-state index in [0.717, 1.165) is 5.92 Å². The standard InChI is InChI=1S/C18H33NO2/c1-5-6-7-8-9-14-12-15-10-11-16(13-14)19(15)17(20)21-18(2,3)4/h14-16H,5-13H2,1-4H3. The molecule has 0 aromatic rings. The van der Waals surface area contributed by atoms with E-state index in [0.29, 0.717) is 12.1 Å². The maximum Gasteiger partial charge on any atom is 0.410 e. The average molecular weight is 295 g/mol. The summed E-state index contributed by atoms with van der Waals surface area (Å²) in [4.78, 5) is 14.4. The SMILES string of the molecule is CCCCCCC1CC2CCC(C1)N2C(=O)OC(C)(C)C. The Kier molecular flexibility index (Phi) is 5.56. The number of hydrogen-bond acceptors (Lipinski definition) is 2. The van der Waals surface area contributed by atoms with Gasteiger partial charge in [0.05, 0.1) is 0 Å². The predicted molar refractivity (Wildman–Crippen MR) is 86.4 cm³/mol. The second-order valence-corrected chi connectivity index (χ2v) is 7.96. The van der Waals surface area contributed by atoms with Crippen LogP contribution in [-0.4, -0.2) is 28.7 Å². The Morgan fingerprint density at radius 2 is 1.71 bits per heavy atom. The van der Waals surface area contributed by atoms with Crippen LogP contribution < -0.4 is 0 Å². The lowest BCUT2D eigenvalue weighted by Gasteiger charge is -2.39. The lowest BCUT2D eigenvalue weighted by atomic mass is 9.87. The summed E-state index contributed by atoms with van der Waals surface area (Å²) in [5, 5.41) is 0. The summed E-state index contributed by atoms with van der Waals surface area (Å²) in [5.74, 6) is 0.832. The third kappa shape index (κ3) is 4.62. The lowest BCUT2D eigenvalue weighted by Crippen LogP contribution is -2.48. The summed E-state index contributed by atoms with van der Waals surface area (Å²) in [6.45, 7) is 8.12. The normalized spacial score (nSPS) is 28.8. The van der Waals surface area contributed by atoms with Gasteiger partial charge >= 0.3 is 6.09 Å². The summed E-state index contributed by atoms with van der Waals surface area (Å²) >= 11 is 0. The predicted octanol–water partition coefficient (Wildman–Crippen LogP) is 5.13. The molecular formula is C18H33NO2. The van der Waals surface area contributed by atoms with E-state index < -0.39 is 0 Å². The fraction of sp³-hybridized carbons (Fsp3) is 0.944. The highest BCUT2D eigenvalue weighted by Crippen LogP contribution is 2.41. The smallest absolute Gasteiger partial charge is 0.410 e. The molecule has 21 heavy (non-hydrogen) atoms. The van der Waals surface area contributed by atoms with Crippen molar-refractivity contribution >= 4 is 6.09 Å². The van der Waals surface area contributed by atoms with E-state index in [4.69, 9.17) is 4.74 Å². The second kappa shape index (κ2) is 7.02. The average Bonchev–Trinajstić information content (AvgIpc) is 2.65. The number of rotatable bonds is 5. The maximum absolute atomic E-state index is 12.4. The quantitative estimate of drug-likeness (QED) is 0.658. The summed E-state index contributed by atoms with van der Waals surface area (Å²) in [7, 11) is 0. The van der Waals surface area contributed by atoms with Gasteiger partial charge in [0.15, 0.2) is 0 Å². The van der Waals surface area contributed by atoms with Gasteiger partial charge in [-0.25, -0.2) is 4.79 Å². The Hall–Kier alpha value is -0.730. The topological polar surface area (TPSA) is 29.5 Å².